The number of benzene rings is 2. The summed E-state index contributed by atoms with van der Waals surface area (Å²) in [5.74, 6) is 0.285. The van der Waals surface area contributed by atoms with E-state index < -0.39 is 10.0 Å². The van der Waals surface area contributed by atoms with Crippen LogP contribution in [0.3, 0.4) is 0 Å². The van der Waals surface area contributed by atoms with Crippen molar-refractivity contribution in [1.82, 2.24) is 19.7 Å². The smallest absolute Gasteiger partial charge is 0.238 e. The molecule has 0 aliphatic carbocycles. The van der Waals surface area contributed by atoms with Crippen molar-refractivity contribution >= 4 is 67.5 Å². The number of carbonyl (C=O) groups is 1. The predicted molar refractivity (Wildman–Crippen MR) is 133 cm³/mol. The molecule has 0 aliphatic heterocycles. The number of pyridine rings is 1. The Labute approximate surface area is 209 Å². The van der Waals surface area contributed by atoms with Crippen molar-refractivity contribution in [2.75, 3.05) is 11.1 Å². The Bertz CT molecular complexity index is 1540. The molecular formula is C21H18Cl2N6O3S2. The highest BCUT2D eigenvalue weighted by molar-refractivity contribution is 7.99. The van der Waals surface area contributed by atoms with Crippen molar-refractivity contribution in [3.63, 3.8) is 0 Å². The van der Waals surface area contributed by atoms with Gasteiger partial charge in [0.1, 0.15) is 5.82 Å². The Balaban J connectivity index is 1.57. The van der Waals surface area contributed by atoms with Crippen LogP contribution < -0.4 is 10.5 Å². The largest absolute Gasteiger partial charge is 0.324 e. The monoisotopic (exact) mass is 536 g/mol. The first-order valence-corrected chi connectivity index (χ1v) is 13.1. The van der Waals surface area contributed by atoms with Crippen LogP contribution in [0.1, 0.15) is 11.4 Å². The van der Waals surface area contributed by atoms with Crippen molar-refractivity contribution in [3.05, 3.63) is 64.0 Å². The van der Waals surface area contributed by atoms with Gasteiger partial charge in [0.15, 0.2) is 5.16 Å². The van der Waals surface area contributed by atoms with E-state index in [1.54, 1.807) is 6.20 Å². The number of halogens is 2. The van der Waals surface area contributed by atoms with E-state index in [1.165, 1.54) is 30.0 Å². The molecule has 2 aromatic heterocycles. The number of aromatic nitrogens is 4. The predicted octanol–water partition coefficient (Wildman–Crippen LogP) is 4.12. The van der Waals surface area contributed by atoms with Gasteiger partial charge in [-0.3, -0.25) is 14.3 Å². The van der Waals surface area contributed by atoms with Gasteiger partial charge in [0.2, 0.25) is 15.9 Å². The number of nitrogens with zero attached hydrogens (tertiary/aromatic N) is 4. The normalized spacial score (nSPS) is 11.7. The van der Waals surface area contributed by atoms with Crippen LogP contribution in [-0.2, 0) is 14.8 Å². The van der Waals surface area contributed by atoms with Crippen molar-refractivity contribution < 1.29 is 13.2 Å². The second-order valence-corrected chi connectivity index (χ2v) is 10.7. The molecule has 176 valence electrons. The van der Waals surface area contributed by atoms with Crippen LogP contribution in [-0.4, -0.2) is 39.8 Å². The summed E-state index contributed by atoms with van der Waals surface area (Å²) in [5, 5.41) is 18.1. The molecule has 0 aliphatic rings. The van der Waals surface area contributed by atoms with Gasteiger partial charge in [-0.05, 0) is 43.7 Å². The maximum atomic E-state index is 12.6. The molecule has 0 fully saturated rings. The van der Waals surface area contributed by atoms with E-state index in [4.69, 9.17) is 28.3 Å². The van der Waals surface area contributed by atoms with Gasteiger partial charge in [-0.15, -0.1) is 10.2 Å². The minimum absolute atomic E-state index is 0.00840. The number of thioether (sulfide) groups is 1. The number of amides is 1. The van der Waals surface area contributed by atoms with E-state index in [2.05, 4.69) is 20.5 Å². The Morgan fingerprint density at radius 2 is 1.91 bits per heavy atom. The van der Waals surface area contributed by atoms with E-state index in [1.807, 2.05) is 36.6 Å². The fourth-order valence-corrected chi connectivity index (χ4v) is 5.11. The number of nitrogens with two attached hydrogens (primary N) is 1. The number of aryl methyl sites for hydroxylation is 2. The fraction of sp³-hybridized carbons (Fsp3) is 0.143. The Morgan fingerprint density at radius 1 is 1.15 bits per heavy atom. The topological polar surface area (TPSA) is 133 Å². The molecule has 0 radical (unpaired) electrons. The molecule has 13 heteroatoms. The molecular weight excluding hydrogens is 519 g/mol. The molecule has 0 atom stereocenters. The van der Waals surface area contributed by atoms with Gasteiger partial charge in [-0.1, -0.05) is 47.1 Å². The lowest BCUT2D eigenvalue weighted by Gasteiger charge is -2.14. The standard InChI is InChI=1S/C21H18Cl2N6O3S2/c1-11-3-4-13-7-14(22)9-25-19(13)20(11)29-12(2)27-28-21(29)33-10-18(30)26-17-6-5-15(8-16(17)23)34(24,31)32/h3-9H,10H2,1-2H3,(H,26,30)(H2,24,31,32). The SMILES string of the molecule is Cc1ccc2cc(Cl)cnc2c1-n1c(C)nnc1SCC(=O)Nc1ccc(S(N)(=O)=O)cc1Cl. The lowest BCUT2D eigenvalue weighted by Crippen LogP contribution is -2.16. The molecule has 0 bridgehead atoms. The number of carbonyl (C=O) groups excluding carboxylic acids is 1. The molecule has 0 spiro atoms. The first-order chi connectivity index (χ1) is 16.0. The Hall–Kier alpha value is -2.70. The van der Waals surface area contributed by atoms with Gasteiger partial charge in [0.25, 0.3) is 0 Å². The van der Waals surface area contributed by atoms with Crippen LogP contribution in [0.25, 0.3) is 16.6 Å². The number of rotatable bonds is 6. The van der Waals surface area contributed by atoms with E-state index in [0.717, 1.165) is 22.2 Å². The number of sulfonamides is 1. The lowest BCUT2D eigenvalue weighted by atomic mass is 10.1. The van der Waals surface area contributed by atoms with Gasteiger partial charge in [0.05, 0.1) is 37.6 Å². The zero-order valence-electron chi connectivity index (χ0n) is 17.9. The lowest BCUT2D eigenvalue weighted by molar-refractivity contribution is -0.113. The van der Waals surface area contributed by atoms with Crippen molar-refractivity contribution in [2.24, 2.45) is 5.14 Å². The Morgan fingerprint density at radius 3 is 2.62 bits per heavy atom. The molecule has 9 nitrogen and oxygen atoms in total. The van der Waals surface area contributed by atoms with Gasteiger partial charge in [-0.2, -0.15) is 0 Å². The summed E-state index contributed by atoms with van der Waals surface area (Å²) in [4.78, 5) is 16.9. The van der Waals surface area contributed by atoms with Crippen molar-refractivity contribution in [3.8, 4) is 5.69 Å². The second kappa shape index (κ2) is 9.51. The highest BCUT2D eigenvalue weighted by Crippen LogP contribution is 2.31. The third-order valence-electron chi connectivity index (χ3n) is 4.89. The van der Waals surface area contributed by atoms with Gasteiger partial charge < -0.3 is 5.32 Å². The van der Waals surface area contributed by atoms with Gasteiger partial charge >= 0.3 is 0 Å². The zero-order chi connectivity index (χ0) is 24.6. The second-order valence-electron chi connectivity index (χ2n) is 7.35. The van der Waals surface area contributed by atoms with Crippen LogP contribution in [0, 0.1) is 13.8 Å². The van der Waals surface area contributed by atoms with Crippen LogP contribution in [0.2, 0.25) is 10.0 Å². The van der Waals surface area contributed by atoms with Crippen LogP contribution in [0.15, 0.2) is 52.6 Å². The number of primary sulfonamides is 1. The minimum atomic E-state index is -3.90. The quantitative estimate of drug-likeness (QED) is 0.354. The number of hydrogen-bond donors (Lipinski definition) is 2. The summed E-state index contributed by atoms with van der Waals surface area (Å²) < 4.78 is 24.8. The number of hydrogen-bond acceptors (Lipinski definition) is 7. The van der Waals surface area contributed by atoms with E-state index in [9.17, 15) is 13.2 Å². The van der Waals surface area contributed by atoms with E-state index in [-0.39, 0.29) is 27.3 Å². The summed E-state index contributed by atoms with van der Waals surface area (Å²) in [7, 11) is -3.90. The van der Waals surface area contributed by atoms with Gasteiger partial charge in [-0.25, -0.2) is 13.6 Å². The zero-order valence-corrected chi connectivity index (χ0v) is 21.1. The molecule has 0 saturated heterocycles. The molecule has 0 unspecified atom stereocenters. The first kappa shape index (κ1) is 24.4. The van der Waals surface area contributed by atoms with E-state index >= 15 is 0 Å². The maximum Gasteiger partial charge on any atom is 0.238 e. The molecule has 0 saturated carbocycles. The van der Waals surface area contributed by atoms with Gasteiger partial charge in [0, 0.05) is 11.6 Å². The molecule has 34 heavy (non-hydrogen) atoms. The maximum absolute atomic E-state index is 12.6. The Kier molecular flexibility index (Phi) is 6.83. The molecule has 2 heterocycles. The number of fused-ring (bicyclic) bond motifs is 1. The molecule has 1 amide bonds. The minimum Gasteiger partial charge on any atom is -0.324 e. The first-order valence-electron chi connectivity index (χ1n) is 9.77. The average Bonchev–Trinajstić information content (AvgIpc) is 3.13. The number of anilines is 1. The molecule has 2 aromatic carbocycles. The van der Waals surface area contributed by atoms with Crippen LogP contribution >= 0.6 is 35.0 Å². The number of nitrogens with one attached hydrogen (secondary N) is 1. The summed E-state index contributed by atoms with van der Waals surface area (Å²) >= 11 is 13.4. The summed E-state index contributed by atoms with van der Waals surface area (Å²) in [5.41, 5.74) is 2.77. The fourth-order valence-electron chi connectivity index (χ4n) is 3.33. The van der Waals surface area contributed by atoms with Crippen molar-refractivity contribution in [2.45, 2.75) is 23.9 Å². The third-order valence-corrected chi connectivity index (χ3v) is 7.25. The van der Waals surface area contributed by atoms with Crippen LogP contribution in [0.5, 0.6) is 0 Å². The highest BCUT2D eigenvalue weighted by Gasteiger charge is 2.19. The molecule has 4 aromatic rings. The summed E-state index contributed by atoms with van der Waals surface area (Å²) in [6.45, 7) is 3.77. The third kappa shape index (κ3) is 5.03. The van der Waals surface area contributed by atoms with Crippen molar-refractivity contribution in [1.29, 1.82) is 0 Å². The van der Waals surface area contributed by atoms with E-state index in [0.29, 0.717) is 16.0 Å². The molecule has 3 N–H and O–H groups in total. The van der Waals surface area contributed by atoms with Crippen LogP contribution in [0.4, 0.5) is 5.69 Å². The highest BCUT2D eigenvalue weighted by atomic mass is 35.5. The average molecular weight is 537 g/mol. The summed E-state index contributed by atoms with van der Waals surface area (Å²) in [6, 6.07) is 9.57. The molecule has 4 rings (SSSR count). The summed E-state index contributed by atoms with van der Waals surface area (Å²) in [6.07, 6.45) is 1.58.